The van der Waals surface area contributed by atoms with Crippen molar-refractivity contribution in [2.45, 2.75) is 30.9 Å². The average molecular weight is 445 g/mol. The third-order valence-corrected chi connectivity index (χ3v) is 5.90. The van der Waals surface area contributed by atoms with Gasteiger partial charge in [-0.05, 0) is 37.1 Å². The second kappa shape index (κ2) is 7.90. The van der Waals surface area contributed by atoms with Crippen molar-refractivity contribution in [3.05, 3.63) is 47.8 Å². The number of amides is 1. The molecule has 2 aliphatic rings. The van der Waals surface area contributed by atoms with Gasteiger partial charge in [0.15, 0.2) is 5.69 Å². The number of aliphatic hydroxyl groups is 1. The summed E-state index contributed by atoms with van der Waals surface area (Å²) in [7, 11) is 2.96. The van der Waals surface area contributed by atoms with Crippen LogP contribution in [0.4, 0.5) is 5.82 Å². The lowest BCUT2D eigenvalue weighted by molar-refractivity contribution is -0.137. The Bertz CT molecular complexity index is 1330. The molecule has 1 aromatic carbocycles. The summed E-state index contributed by atoms with van der Waals surface area (Å²) in [5.41, 5.74) is 0.485. The Kier molecular flexibility index (Phi) is 5.02. The molecule has 1 aliphatic heterocycles. The second-order valence-electron chi connectivity index (χ2n) is 8.36. The Balaban J connectivity index is 1.57. The molecule has 1 saturated carbocycles. The van der Waals surface area contributed by atoms with E-state index in [1.807, 2.05) is 12.1 Å². The summed E-state index contributed by atoms with van der Waals surface area (Å²) in [5.74, 6) is 5.31. The number of anilines is 1. The molecule has 168 valence electrons. The van der Waals surface area contributed by atoms with Crippen molar-refractivity contribution >= 4 is 28.6 Å². The number of aromatic nitrogens is 3. The normalized spacial score (nSPS) is 20.0. The molecule has 0 radical (unpaired) electrons. The number of pyridine rings is 1. The number of carbonyl (C=O) groups is 2. The van der Waals surface area contributed by atoms with Crippen LogP contribution >= 0.6 is 0 Å². The highest BCUT2D eigenvalue weighted by molar-refractivity contribution is 6.07. The van der Waals surface area contributed by atoms with Gasteiger partial charge in [0.1, 0.15) is 5.82 Å². The van der Waals surface area contributed by atoms with E-state index in [0.717, 1.165) is 12.8 Å². The van der Waals surface area contributed by atoms with Crippen molar-refractivity contribution in [1.82, 2.24) is 19.7 Å². The molecule has 1 saturated heterocycles. The van der Waals surface area contributed by atoms with E-state index in [1.165, 1.54) is 12.0 Å². The Morgan fingerprint density at radius 3 is 2.85 bits per heavy atom. The molecule has 9 nitrogen and oxygen atoms in total. The van der Waals surface area contributed by atoms with E-state index >= 15 is 0 Å². The molecule has 2 N–H and O–H groups in total. The van der Waals surface area contributed by atoms with E-state index in [9.17, 15) is 14.7 Å². The zero-order chi connectivity index (χ0) is 23.2. The molecule has 1 atom stereocenters. The van der Waals surface area contributed by atoms with Crippen LogP contribution < -0.4 is 5.32 Å². The minimum Gasteiger partial charge on any atom is -0.464 e. The van der Waals surface area contributed by atoms with Gasteiger partial charge in [-0.25, -0.2) is 14.5 Å². The van der Waals surface area contributed by atoms with Gasteiger partial charge in [-0.15, -0.1) is 0 Å². The average Bonchev–Trinajstić information content (AvgIpc) is 3.50. The Morgan fingerprint density at radius 2 is 2.15 bits per heavy atom. The number of methoxy groups -OCH3 is 1. The fourth-order valence-corrected chi connectivity index (χ4v) is 3.89. The van der Waals surface area contributed by atoms with Gasteiger partial charge in [-0.3, -0.25) is 4.79 Å². The van der Waals surface area contributed by atoms with Crippen LogP contribution in [0.15, 0.2) is 36.5 Å². The highest BCUT2D eigenvalue weighted by atomic mass is 16.5. The molecular weight excluding hydrogens is 422 g/mol. The van der Waals surface area contributed by atoms with Gasteiger partial charge < -0.3 is 20.1 Å². The lowest BCUT2D eigenvalue weighted by atomic mass is 10.0. The lowest BCUT2D eigenvalue weighted by Crippen LogP contribution is -2.37. The Hall–Kier alpha value is -3.90. The van der Waals surface area contributed by atoms with E-state index in [0.29, 0.717) is 40.6 Å². The third-order valence-electron chi connectivity index (χ3n) is 5.90. The molecule has 9 heteroatoms. The largest absolute Gasteiger partial charge is 0.464 e. The molecule has 5 rings (SSSR count). The topological polar surface area (TPSA) is 110 Å². The van der Waals surface area contributed by atoms with E-state index in [1.54, 1.807) is 36.1 Å². The molecule has 2 fully saturated rings. The molecule has 3 heterocycles. The van der Waals surface area contributed by atoms with Crippen molar-refractivity contribution in [3.8, 4) is 17.5 Å². The van der Waals surface area contributed by atoms with Crippen LogP contribution in [0.25, 0.3) is 16.6 Å². The van der Waals surface area contributed by atoms with Crippen LogP contribution in [-0.2, 0) is 9.53 Å². The van der Waals surface area contributed by atoms with Crippen molar-refractivity contribution in [2.75, 3.05) is 26.0 Å². The fourth-order valence-electron chi connectivity index (χ4n) is 3.89. The maximum Gasteiger partial charge on any atom is 0.359 e. The number of ether oxygens (including phenoxy) is 1. The summed E-state index contributed by atoms with van der Waals surface area (Å²) in [6.07, 6.45) is 4.06. The number of fused-ring (bicyclic) bond motifs is 1. The molecular formula is C24H23N5O4. The van der Waals surface area contributed by atoms with Crippen molar-refractivity contribution < 1.29 is 19.4 Å². The maximum absolute atomic E-state index is 12.5. The zero-order valence-electron chi connectivity index (χ0n) is 18.3. The van der Waals surface area contributed by atoms with Crippen molar-refractivity contribution in [2.24, 2.45) is 0 Å². The first-order valence-electron chi connectivity index (χ1n) is 10.7. The van der Waals surface area contributed by atoms with E-state index in [4.69, 9.17) is 4.74 Å². The third kappa shape index (κ3) is 3.79. The van der Waals surface area contributed by atoms with Crippen LogP contribution in [0.1, 0.15) is 35.3 Å². The number of likely N-dealkylation sites (N-methyl/N-ethyl adjacent to an activating group) is 1. The second-order valence-corrected chi connectivity index (χ2v) is 8.36. The smallest absolute Gasteiger partial charge is 0.359 e. The molecule has 0 unspecified atom stereocenters. The molecule has 1 amide bonds. The number of hydrogen-bond donors (Lipinski definition) is 2. The Morgan fingerprint density at radius 1 is 1.33 bits per heavy atom. The van der Waals surface area contributed by atoms with Crippen LogP contribution in [-0.4, -0.2) is 69.0 Å². The molecule has 1 aliphatic carbocycles. The highest BCUT2D eigenvalue weighted by Crippen LogP contribution is 2.32. The van der Waals surface area contributed by atoms with Gasteiger partial charge in [0.2, 0.25) is 5.60 Å². The molecule has 33 heavy (non-hydrogen) atoms. The number of nitrogens with zero attached hydrogens (tertiary/aromatic N) is 4. The van der Waals surface area contributed by atoms with Gasteiger partial charge in [0.25, 0.3) is 5.91 Å². The zero-order valence-corrected chi connectivity index (χ0v) is 18.3. The van der Waals surface area contributed by atoms with E-state index in [-0.39, 0.29) is 12.1 Å². The minimum absolute atomic E-state index is 0.175. The first-order chi connectivity index (χ1) is 15.9. The first-order valence-corrected chi connectivity index (χ1v) is 10.7. The number of esters is 1. The fraction of sp³-hybridized carbons (Fsp3) is 0.333. The number of benzene rings is 1. The summed E-state index contributed by atoms with van der Waals surface area (Å²) in [6, 6.07) is 9.37. The predicted octanol–water partition coefficient (Wildman–Crippen LogP) is 1.73. The van der Waals surface area contributed by atoms with E-state index < -0.39 is 17.5 Å². The van der Waals surface area contributed by atoms with Crippen LogP contribution in [0.2, 0.25) is 0 Å². The molecule has 0 bridgehead atoms. The lowest BCUT2D eigenvalue weighted by Gasteiger charge is -2.13. The molecule has 2 aromatic heterocycles. The summed E-state index contributed by atoms with van der Waals surface area (Å²) < 4.78 is 6.61. The number of rotatable bonds is 4. The summed E-state index contributed by atoms with van der Waals surface area (Å²) in [6.45, 7) is 0.463. The minimum atomic E-state index is -1.67. The Labute approximate surface area is 190 Å². The van der Waals surface area contributed by atoms with Gasteiger partial charge in [0, 0.05) is 37.8 Å². The summed E-state index contributed by atoms with van der Waals surface area (Å²) in [4.78, 5) is 30.6. The monoisotopic (exact) mass is 445 g/mol. The van der Waals surface area contributed by atoms with Crippen LogP contribution in [0.5, 0.6) is 0 Å². The standard InChI is InChI=1S/C24H23N5O4/c1-28-13-11-24(32,23(28)31)10-8-15-4-3-5-17(14-15)29-18-9-12-25-21(26-16-6-7-16)19(18)20(27-29)22(30)33-2/h3-5,9,12,14,16,32H,6-7,11,13H2,1-2H3,(H,25,26)/t24-/m0/s1. The number of likely N-dealkylation sites (tertiary alicyclic amines) is 1. The number of nitrogens with one attached hydrogen (secondary N) is 1. The summed E-state index contributed by atoms with van der Waals surface area (Å²) >= 11 is 0. The van der Waals surface area contributed by atoms with Gasteiger partial charge >= 0.3 is 5.97 Å². The molecule has 3 aromatic rings. The number of carbonyl (C=O) groups excluding carboxylic acids is 2. The summed E-state index contributed by atoms with van der Waals surface area (Å²) in [5, 5.41) is 19.1. The predicted molar refractivity (Wildman–Crippen MR) is 121 cm³/mol. The SMILES string of the molecule is COC(=O)c1nn(-c2cccc(C#C[C@]3(O)CCN(C)C3=O)c2)c2ccnc(NC3CC3)c12. The van der Waals surface area contributed by atoms with E-state index in [2.05, 4.69) is 27.2 Å². The molecule has 0 spiro atoms. The maximum atomic E-state index is 12.5. The van der Waals surface area contributed by atoms with Gasteiger partial charge in [-0.1, -0.05) is 17.9 Å². The van der Waals surface area contributed by atoms with Crippen molar-refractivity contribution in [1.29, 1.82) is 0 Å². The quantitative estimate of drug-likeness (QED) is 0.465. The van der Waals surface area contributed by atoms with Crippen LogP contribution in [0, 0.1) is 11.8 Å². The highest BCUT2D eigenvalue weighted by Gasteiger charge is 2.42. The van der Waals surface area contributed by atoms with Crippen LogP contribution in [0.3, 0.4) is 0 Å². The number of hydrogen-bond acceptors (Lipinski definition) is 7. The van der Waals surface area contributed by atoms with Crippen molar-refractivity contribution in [3.63, 3.8) is 0 Å². The van der Waals surface area contributed by atoms with Gasteiger partial charge in [-0.2, -0.15) is 5.10 Å². The first kappa shape index (κ1) is 21.0. The van der Waals surface area contributed by atoms with Gasteiger partial charge in [0.05, 0.1) is 23.7 Å².